The van der Waals surface area contributed by atoms with Gasteiger partial charge in [-0.1, -0.05) is 40.2 Å². The van der Waals surface area contributed by atoms with E-state index in [1.54, 1.807) is 6.07 Å². The molecule has 1 aliphatic heterocycles. The smallest absolute Gasteiger partial charge is 0.124 e. The summed E-state index contributed by atoms with van der Waals surface area (Å²) in [6.07, 6.45) is 0.777. The monoisotopic (exact) mass is 316 g/mol. The van der Waals surface area contributed by atoms with Crippen LogP contribution in [0, 0.1) is 0 Å². The average Bonchev–Trinajstić information content (AvgIpc) is 2.89. The fourth-order valence-corrected chi connectivity index (χ4v) is 2.48. The molecule has 1 heterocycles. The Morgan fingerprint density at radius 3 is 2.58 bits per heavy atom. The fourth-order valence-electron chi connectivity index (χ4n) is 2.22. The molecule has 0 saturated heterocycles. The van der Waals surface area contributed by atoms with Crippen LogP contribution in [0.3, 0.4) is 0 Å². The minimum absolute atomic E-state index is 0.169. The molecule has 0 saturated carbocycles. The standard InChI is InChI=1S/C15H13BrN2O/c16-11-7-5-10(6-8-11)13-9-14(18-17-13)12-3-1-2-4-15(12)19/h1-8,13,17,19H,9H2. The number of phenolic OH excluding ortho intramolecular Hbond substituents is 1. The van der Waals surface area contributed by atoms with Crippen molar-refractivity contribution < 1.29 is 5.11 Å². The molecule has 3 nitrogen and oxygen atoms in total. The van der Waals surface area contributed by atoms with Gasteiger partial charge in [-0.05, 0) is 29.8 Å². The van der Waals surface area contributed by atoms with Gasteiger partial charge < -0.3 is 10.5 Å². The highest BCUT2D eigenvalue weighted by molar-refractivity contribution is 9.10. The first-order valence-corrected chi connectivity index (χ1v) is 6.89. The lowest BCUT2D eigenvalue weighted by Gasteiger charge is -2.10. The molecule has 1 aliphatic rings. The maximum absolute atomic E-state index is 9.85. The normalized spacial score (nSPS) is 17.9. The van der Waals surface area contributed by atoms with E-state index in [0.717, 1.165) is 22.2 Å². The molecule has 0 fully saturated rings. The Labute approximate surface area is 120 Å². The van der Waals surface area contributed by atoms with E-state index in [4.69, 9.17) is 0 Å². The van der Waals surface area contributed by atoms with Gasteiger partial charge in [-0.15, -0.1) is 0 Å². The number of nitrogens with zero attached hydrogens (tertiary/aromatic N) is 1. The maximum atomic E-state index is 9.85. The Morgan fingerprint density at radius 1 is 1.11 bits per heavy atom. The predicted octanol–water partition coefficient (Wildman–Crippen LogP) is 3.59. The highest BCUT2D eigenvalue weighted by atomic mass is 79.9. The Morgan fingerprint density at radius 2 is 1.84 bits per heavy atom. The zero-order valence-corrected chi connectivity index (χ0v) is 11.8. The zero-order chi connectivity index (χ0) is 13.2. The van der Waals surface area contributed by atoms with E-state index < -0.39 is 0 Å². The Balaban J connectivity index is 1.80. The van der Waals surface area contributed by atoms with E-state index in [0.29, 0.717) is 0 Å². The van der Waals surface area contributed by atoms with Crippen molar-refractivity contribution in [2.75, 3.05) is 0 Å². The molecule has 2 aromatic carbocycles. The first-order valence-electron chi connectivity index (χ1n) is 6.10. The van der Waals surface area contributed by atoms with Gasteiger partial charge >= 0.3 is 0 Å². The number of hydrazone groups is 1. The van der Waals surface area contributed by atoms with Gasteiger partial charge in [0.25, 0.3) is 0 Å². The molecule has 0 amide bonds. The van der Waals surface area contributed by atoms with E-state index >= 15 is 0 Å². The number of rotatable bonds is 2. The topological polar surface area (TPSA) is 44.6 Å². The van der Waals surface area contributed by atoms with Gasteiger partial charge in [-0.2, -0.15) is 5.10 Å². The summed E-state index contributed by atoms with van der Waals surface area (Å²) in [7, 11) is 0. The molecule has 1 unspecified atom stereocenters. The number of phenols is 1. The molecule has 19 heavy (non-hydrogen) atoms. The van der Waals surface area contributed by atoms with E-state index in [1.807, 2.05) is 30.3 Å². The lowest BCUT2D eigenvalue weighted by molar-refractivity contribution is 0.474. The van der Waals surface area contributed by atoms with Crippen LogP contribution in [0.15, 0.2) is 58.1 Å². The summed E-state index contributed by atoms with van der Waals surface area (Å²) in [5.41, 5.74) is 6.02. The van der Waals surface area contributed by atoms with Crippen LogP contribution in [-0.4, -0.2) is 10.8 Å². The molecule has 4 heteroatoms. The van der Waals surface area contributed by atoms with Gasteiger partial charge in [-0.25, -0.2) is 0 Å². The summed E-state index contributed by atoms with van der Waals surface area (Å²) in [5.74, 6) is 0.277. The van der Waals surface area contributed by atoms with Crippen LogP contribution in [0.1, 0.15) is 23.6 Å². The second-order valence-corrected chi connectivity index (χ2v) is 5.43. The number of para-hydroxylation sites is 1. The Hall–Kier alpha value is -1.81. The molecule has 0 aliphatic carbocycles. The second-order valence-electron chi connectivity index (χ2n) is 4.51. The largest absolute Gasteiger partial charge is 0.507 e. The molecule has 0 aromatic heterocycles. The van der Waals surface area contributed by atoms with Crippen molar-refractivity contribution in [1.29, 1.82) is 0 Å². The van der Waals surface area contributed by atoms with E-state index in [1.165, 1.54) is 5.56 Å². The Bertz CT molecular complexity index is 622. The highest BCUT2D eigenvalue weighted by Gasteiger charge is 2.22. The van der Waals surface area contributed by atoms with Crippen molar-refractivity contribution in [1.82, 2.24) is 5.43 Å². The summed E-state index contributed by atoms with van der Waals surface area (Å²) in [6.45, 7) is 0. The second kappa shape index (κ2) is 5.05. The molecular weight excluding hydrogens is 304 g/mol. The van der Waals surface area contributed by atoms with Crippen molar-refractivity contribution in [2.45, 2.75) is 12.5 Å². The average molecular weight is 317 g/mol. The molecule has 1 atom stereocenters. The van der Waals surface area contributed by atoms with Gasteiger partial charge in [0, 0.05) is 16.5 Å². The number of hydrogen-bond acceptors (Lipinski definition) is 3. The van der Waals surface area contributed by atoms with Gasteiger partial charge in [0.15, 0.2) is 0 Å². The summed E-state index contributed by atoms with van der Waals surface area (Å²) < 4.78 is 1.07. The number of aromatic hydroxyl groups is 1. The van der Waals surface area contributed by atoms with Crippen LogP contribution in [0.5, 0.6) is 5.75 Å². The van der Waals surface area contributed by atoms with Gasteiger partial charge in [0.2, 0.25) is 0 Å². The fraction of sp³-hybridized carbons (Fsp3) is 0.133. The van der Waals surface area contributed by atoms with Crippen molar-refractivity contribution in [3.05, 3.63) is 64.1 Å². The minimum atomic E-state index is 0.169. The summed E-state index contributed by atoms with van der Waals surface area (Å²) in [5, 5.41) is 14.2. The highest BCUT2D eigenvalue weighted by Crippen LogP contribution is 2.28. The third-order valence-corrected chi connectivity index (χ3v) is 3.77. The predicted molar refractivity (Wildman–Crippen MR) is 79.3 cm³/mol. The first-order chi connectivity index (χ1) is 9.24. The number of hydrogen-bond donors (Lipinski definition) is 2. The van der Waals surface area contributed by atoms with Crippen LogP contribution in [0.4, 0.5) is 0 Å². The maximum Gasteiger partial charge on any atom is 0.124 e. The SMILES string of the molecule is Oc1ccccc1C1=NNC(c2ccc(Br)cc2)C1. The van der Waals surface area contributed by atoms with Gasteiger partial charge in [0.05, 0.1) is 11.8 Å². The molecular formula is C15H13BrN2O. The third kappa shape index (κ3) is 2.49. The lowest BCUT2D eigenvalue weighted by Crippen LogP contribution is -2.09. The van der Waals surface area contributed by atoms with Gasteiger partial charge in [-0.3, -0.25) is 0 Å². The molecule has 0 radical (unpaired) electrons. The number of nitrogens with one attached hydrogen (secondary N) is 1. The molecule has 2 aromatic rings. The summed E-state index contributed by atoms with van der Waals surface area (Å²) in [6, 6.07) is 15.7. The number of halogens is 1. The van der Waals surface area contributed by atoms with Crippen molar-refractivity contribution in [3.8, 4) is 5.75 Å². The van der Waals surface area contributed by atoms with Crippen molar-refractivity contribution in [3.63, 3.8) is 0 Å². The first kappa shape index (κ1) is 12.2. The van der Waals surface area contributed by atoms with Crippen LogP contribution in [0.2, 0.25) is 0 Å². The van der Waals surface area contributed by atoms with E-state index in [-0.39, 0.29) is 11.8 Å². The Kier molecular flexibility index (Phi) is 3.25. The molecule has 0 bridgehead atoms. The van der Waals surface area contributed by atoms with Crippen molar-refractivity contribution >= 4 is 21.6 Å². The minimum Gasteiger partial charge on any atom is -0.507 e. The molecule has 96 valence electrons. The lowest BCUT2D eigenvalue weighted by atomic mass is 9.99. The van der Waals surface area contributed by atoms with Crippen LogP contribution in [-0.2, 0) is 0 Å². The molecule has 0 spiro atoms. The quantitative estimate of drug-likeness (QED) is 0.889. The van der Waals surface area contributed by atoms with Crippen LogP contribution >= 0.6 is 15.9 Å². The van der Waals surface area contributed by atoms with Crippen LogP contribution < -0.4 is 5.43 Å². The van der Waals surface area contributed by atoms with E-state index in [2.05, 4.69) is 38.6 Å². The summed E-state index contributed by atoms with van der Waals surface area (Å²) in [4.78, 5) is 0. The van der Waals surface area contributed by atoms with Crippen molar-refractivity contribution in [2.24, 2.45) is 5.10 Å². The van der Waals surface area contributed by atoms with E-state index in [9.17, 15) is 5.11 Å². The third-order valence-electron chi connectivity index (χ3n) is 3.24. The van der Waals surface area contributed by atoms with Crippen LogP contribution in [0.25, 0.3) is 0 Å². The molecule has 2 N–H and O–H groups in total. The van der Waals surface area contributed by atoms with Gasteiger partial charge in [0.1, 0.15) is 5.75 Å². The summed E-state index contributed by atoms with van der Waals surface area (Å²) >= 11 is 3.43. The molecule has 3 rings (SSSR count). The zero-order valence-electron chi connectivity index (χ0n) is 10.2. The number of benzene rings is 2.